The second kappa shape index (κ2) is 62.3. The molecule has 11 nitrogen and oxygen atoms in total. The van der Waals surface area contributed by atoms with Crippen molar-refractivity contribution in [1.29, 1.82) is 0 Å². The van der Waals surface area contributed by atoms with Crippen LogP contribution in [0.4, 0.5) is 28.4 Å². The van der Waals surface area contributed by atoms with Crippen LogP contribution in [0.5, 0.6) is 28.7 Å². The van der Waals surface area contributed by atoms with E-state index in [4.69, 9.17) is 0 Å². The van der Waals surface area contributed by atoms with Crippen LogP contribution in [0.25, 0.3) is 22.0 Å². The number of phenols is 5. The molecule has 0 atom stereocenters. The summed E-state index contributed by atoms with van der Waals surface area (Å²) in [4.78, 5) is 26.0. The molecule has 0 aliphatic rings. The van der Waals surface area contributed by atoms with Crippen LogP contribution in [0.15, 0.2) is 316 Å². The number of para-hydroxylation sites is 10. The maximum absolute atomic E-state index is 10.4. The van der Waals surface area contributed by atoms with E-state index in [2.05, 4.69) is 91.9 Å². The van der Waals surface area contributed by atoms with Gasteiger partial charge < -0.3 is 62.7 Å². The van der Waals surface area contributed by atoms with E-state index in [0.717, 1.165) is 78.3 Å². The van der Waals surface area contributed by atoms with Crippen molar-refractivity contribution in [2.75, 3.05) is 0 Å². The zero-order valence-electron chi connectivity index (χ0n) is 57.4. The van der Waals surface area contributed by atoms with E-state index in [1.807, 2.05) is 348 Å². The second-order valence-corrected chi connectivity index (χ2v) is 19.2. The SMILES string of the molecule is Cc1cccc(C=Nc2ccccc2)c1O.Cc1cccc(C=Nc2ccccc2)c1O.Oc1c(C=Nc2ccccc2)cccc1-c1ccccc1.Oc1ccccc1C=Nc1cccc2cccnc12.Oc1ccccc1C=Nc1ccccc1.[CH3-].[CH3-].[CH3-].[CH3-].[CH3-].[Cl][Ti+].[Ti+][Br].[Ti+][Br].[Ti+][Br].[Ti+][Br]. The number of aromatic nitrogens is 1. The number of fused-ring (bicyclic) bond motifs is 1. The number of rotatable bonds is 11. The number of hydrogen-bond donors (Lipinski definition) is 5. The van der Waals surface area contributed by atoms with Gasteiger partial charge in [-0.15, -0.1) is 0 Å². The fourth-order valence-corrected chi connectivity index (χ4v) is 8.25. The molecule has 0 saturated heterocycles. The van der Waals surface area contributed by atoms with Gasteiger partial charge in [0.2, 0.25) is 0 Å². The molecule has 102 heavy (non-hydrogen) atoms. The number of aliphatic imine (C=N–C) groups is 5. The van der Waals surface area contributed by atoms with Crippen LogP contribution in [0.1, 0.15) is 38.9 Å². The molecule has 12 rings (SSSR count). The monoisotopic (exact) mass is 1810 g/mol. The minimum absolute atomic E-state index is 0. The number of pyridine rings is 1. The van der Waals surface area contributed by atoms with Crippen molar-refractivity contribution in [1.82, 2.24) is 4.98 Å². The van der Waals surface area contributed by atoms with Crippen LogP contribution in [-0.4, -0.2) is 61.6 Å². The molecule has 0 spiro atoms. The molecular weight excluding hydrogens is 1730 g/mol. The summed E-state index contributed by atoms with van der Waals surface area (Å²) in [7, 11) is 4.64. The average molecular weight is 1810 g/mol. The molecule has 0 aliphatic carbocycles. The fraction of sp³-hybridized carbons (Fsp3) is 0.0247. The Morgan fingerprint density at radius 1 is 0.304 bits per heavy atom. The van der Waals surface area contributed by atoms with Gasteiger partial charge in [-0.05, 0) is 134 Å². The molecule has 1 heterocycles. The van der Waals surface area contributed by atoms with E-state index in [-0.39, 0.29) is 54.4 Å². The summed E-state index contributed by atoms with van der Waals surface area (Å²) in [5, 5.41) is 50.2. The standard InChI is InChI=1S/C19H15NO.C16H12N2O.2C14H13NO.C13H11NO.5CH3.4BrH.ClH.5Ti/c21-19-16(14-20-17-11-5-2-6-12-17)10-7-13-18(19)15-8-3-1-4-9-15;19-15-9-2-1-5-13(15)11-18-14-8-3-6-12-7-4-10-17-16(12)14;2*1-11-6-5-7-12(14(11)16)10-15-13-8-3-2-4-9-13;15-13-9-5-4-6-11(13)10-14-12-7-2-1-3-8-12;;;;;;;;;;;;;;;/h1-14,21H;1-11,19H;2*2-10,16H,1H3;1-10,15H;5*1H3;5*1H;;;;;/q;;;;;5*-1;;;;;;5*+2/p-5. The van der Waals surface area contributed by atoms with Gasteiger partial charge in [-0.2, -0.15) is 0 Å². The minimum atomic E-state index is 0. The quantitative estimate of drug-likeness (QED) is 0.0489. The first-order chi connectivity index (χ1) is 47.6. The Labute approximate surface area is 693 Å². The van der Waals surface area contributed by atoms with Crippen molar-refractivity contribution < 1.29 is 118 Å². The summed E-state index contributed by atoms with van der Waals surface area (Å²) >= 11 is 20.5. The Morgan fingerprint density at radius 2 is 0.588 bits per heavy atom. The van der Waals surface area contributed by atoms with Gasteiger partial charge in [0.25, 0.3) is 0 Å². The van der Waals surface area contributed by atoms with Crippen LogP contribution in [0.3, 0.4) is 0 Å². The summed E-state index contributed by atoms with van der Waals surface area (Å²) in [6.45, 7) is 3.74. The molecule has 0 fully saturated rings. The van der Waals surface area contributed by atoms with E-state index in [1.165, 1.54) is 19.4 Å². The maximum atomic E-state index is 10.4. The van der Waals surface area contributed by atoms with Crippen LogP contribution in [-0.2, 0) is 92.7 Å². The van der Waals surface area contributed by atoms with Crippen molar-refractivity contribution >= 4 is 132 Å². The molecule has 12 aromatic rings. The van der Waals surface area contributed by atoms with Crippen molar-refractivity contribution in [3.8, 4) is 39.9 Å². The third-order valence-electron chi connectivity index (χ3n) is 13.0. The Bertz CT molecular complexity index is 4200. The Kier molecular flexibility index (Phi) is 61.2. The first kappa shape index (κ1) is 100. The molecule has 0 saturated carbocycles. The van der Waals surface area contributed by atoms with Gasteiger partial charge in [0.05, 0.1) is 34.0 Å². The molecule has 0 amide bonds. The van der Waals surface area contributed by atoms with Gasteiger partial charge in [0.1, 0.15) is 28.7 Å². The van der Waals surface area contributed by atoms with Crippen LogP contribution < -0.4 is 0 Å². The molecule has 1 aromatic heterocycles. The summed E-state index contributed by atoms with van der Waals surface area (Å²) in [6.07, 6.45) is 10.1. The number of nitrogens with zero attached hydrogens (tertiary/aromatic N) is 6. The first-order valence-electron chi connectivity index (χ1n) is 28.8. The van der Waals surface area contributed by atoms with Gasteiger partial charge >= 0.3 is 155 Å². The van der Waals surface area contributed by atoms with Gasteiger partial charge in [0, 0.05) is 76.0 Å². The molecule has 0 bridgehead atoms. The van der Waals surface area contributed by atoms with E-state index < -0.39 is 0 Å². The van der Waals surface area contributed by atoms with Gasteiger partial charge in [-0.25, -0.2) is 0 Å². The summed E-state index contributed by atoms with van der Waals surface area (Å²) in [5.41, 5.74) is 12.3. The fourth-order valence-electron chi connectivity index (χ4n) is 8.25. The zero-order chi connectivity index (χ0) is 70.8. The number of aromatic hydroxyl groups is 5. The van der Waals surface area contributed by atoms with E-state index in [1.54, 1.807) is 61.5 Å². The number of halogens is 5. The number of benzene rings is 11. The van der Waals surface area contributed by atoms with Crippen molar-refractivity contribution in [2.45, 2.75) is 13.8 Å². The number of aryl methyl sites for hydroxylation is 2. The van der Waals surface area contributed by atoms with Gasteiger partial charge in [-0.1, -0.05) is 182 Å². The summed E-state index contributed by atoms with van der Waals surface area (Å²) in [6, 6.07) is 89.3. The zero-order valence-corrected chi connectivity index (χ0v) is 72.3. The van der Waals surface area contributed by atoms with Crippen LogP contribution >= 0.6 is 62.0 Å². The van der Waals surface area contributed by atoms with Crippen molar-refractivity contribution in [3.63, 3.8) is 0 Å². The van der Waals surface area contributed by atoms with E-state index in [0.29, 0.717) is 22.6 Å². The molecule has 0 aliphatic heterocycles. The van der Waals surface area contributed by atoms with Gasteiger partial charge in [-0.3, -0.25) is 29.9 Å². The van der Waals surface area contributed by atoms with E-state index in [9.17, 15) is 25.5 Å². The molecule has 518 valence electrons. The molecule has 21 heteroatoms. The Balaban J connectivity index is -0.00000115. The summed E-state index contributed by atoms with van der Waals surface area (Å²) in [5.74, 6) is 1.31. The van der Waals surface area contributed by atoms with Gasteiger partial charge in [0.15, 0.2) is 0 Å². The molecule has 0 unspecified atom stereocenters. The molecular formula is C81H79Br4ClN6O5Ti5. The number of hydrogen-bond acceptors (Lipinski definition) is 11. The van der Waals surface area contributed by atoms with Crippen molar-refractivity contribution in [3.05, 3.63) is 367 Å². The van der Waals surface area contributed by atoms with Crippen molar-refractivity contribution in [2.24, 2.45) is 25.0 Å². The average Bonchev–Trinajstić information content (AvgIpc) is 0.836. The third-order valence-corrected chi connectivity index (χ3v) is 13.0. The molecule has 11 aromatic carbocycles. The van der Waals surface area contributed by atoms with Crippen LogP contribution in [0.2, 0.25) is 0 Å². The first-order valence-corrected chi connectivity index (χ1v) is 46.4. The molecule has 5 N–H and O–H groups in total. The summed E-state index contributed by atoms with van der Waals surface area (Å²) < 4.78 is 0. The Hall–Kier alpha value is -6.04. The van der Waals surface area contributed by atoms with E-state index >= 15 is 0 Å². The Morgan fingerprint density at radius 3 is 0.961 bits per heavy atom. The topological polar surface area (TPSA) is 176 Å². The predicted octanol–water partition coefficient (Wildman–Crippen LogP) is 24.9. The predicted molar refractivity (Wildman–Crippen MR) is 433 cm³/mol. The number of phenolic OH excluding ortho intramolecular Hbond substituents is 5. The van der Waals surface area contributed by atoms with Crippen LogP contribution in [0, 0.1) is 51.0 Å². The third kappa shape index (κ3) is 37.1. The normalized spacial score (nSPS) is 9.47. The second-order valence-electron chi connectivity index (χ2n) is 19.2. The molecule has 0 radical (unpaired) electrons.